The normalized spacial score (nSPS) is 20.3. The molecule has 1 saturated heterocycles. The van der Waals surface area contributed by atoms with Crippen LogP contribution in [0.3, 0.4) is 0 Å². The zero-order valence-corrected chi connectivity index (χ0v) is 14.2. The largest absolute Gasteiger partial charge is 0.459 e. The molecule has 0 radical (unpaired) electrons. The van der Waals surface area contributed by atoms with Crippen LogP contribution in [0.25, 0.3) is 4.85 Å². The molecule has 1 aliphatic heterocycles. The summed E-state index contributed by atoms with van der Waals surface area (Å²) in [6.45, 7) is 12.8. The molecule has 1 fully saturated rings. The maximum absolute atomic E-state index is 12.4. The molecule has 2 atom stereocenters. The second-order valence-corrected chi connectivity index (χ2v) is 6.76. The SMILES string of the molecule is [C-]#[N+][C@H]1C[C@@H](C(=O)OCc2ccccc2)N(C(=O)OC(C)(C)C)C1. The third kappa shape index (κ3) is 4.72. The minimum absolute atomic E-state index is 0.140. The first-order valence-corrected chi connectivity index (χ1v) is 7.87. The molecule has 0 unspecified atom stereocenters. The summed E-state index contributed by atoms with van der Waals surface area (Å²) >= 11 is 0. The predicted molar refractivity (Wildman–Crippen MR) is 88.0 cm³/mol. The Hall–Kier alpha value is -2.55. The fourth-order valence-corrected chi connectivity index (χ4v) is 2.48. The van der Waals surface area contributed by atoms with Gasteiger partial charge in [-0.25, -0.2) is 16.2 Å². The van der Waals surface area contributed by atoms with Gasteiger partial charge in [0.15, 0.2) is 0 Å². The van der Waals surface area contributed by atoms with Crippen LogP contribution in [-0.4, -0.2) is 41.2 Å². The van der Waals surface area contributed by atoms with Gasteiger partial charge in [-0.1, -0.05) is 30.3 Å². The van der Waals surface area contributed by atoms with Gasteiger partial charge < -0.3 is 14.3 Å². The highest BCUT2D eigenvalue weighted by Gasteiger charge is 2.45. The van der Waals surface area contributed by atoms with E-state index in [9.17, 15) is 9.59 Å². The van der Waals surface area contributed by atoms with E-state index in [1.54, 1.807) is 20.8 Å². The van der Waals surface area contributed by atoms with Crippen molar-refractivity contribution in [2.75, 3.05) is 6.54 Å². The van der Waals surface area contributed by atoms with Gasteiger partial charge in [0.1, 0.15) is 24.8 Å². The molecule has 0 bridgehead atoms. The summed E-state index contributed by atoms with van der Waals surface area (Å²) in [7, 11) is 0. The van der Waals surface area contributed by atoms with Crippen LogP contribution in [0.15, 0.2) is 30.3 Å². The molecule has 0 aliphatic carbocycles. The van der Waals surface area contributed by atoms with Gasteiger partial charge in [-0.2, -0.15) is 0 Å². The molecule has 6 nitrogen and oxygen atoms in total. The summed E-state index contributed by atoms with van der Waals surface area (Å²) in [6.07, 6.45) is -0.314. The Kier molecular flexibility index (Phi) is 5.45. The molecule has 24 heavy (non-hydrogen) atoms. The molecule has 1 heterocycles. The fourth-order valence-electron chi connectivity index (χ4n) is 2.48. The van der Waals surface area contributed by atoms with Crippen LogP contribution in [0.5, 0.6) is 0 Å². The molecule has 1 aromatic carbocycles. The topological polar surface area (TPSA) is 60.2 Å². The van der Waals surface area contributed by atoms with Gasteiger partial charge in [0.25, 0.3) is 0 Å². The van der Waals surface area contributed by atoms with E-state index in [-0.39, 0.29) is 19.6 Å². The molecule has 0 spiro atoms. The number of benzene rings is 1. The second-order valence-electron chi connectivity index (χ2n) is 6.76. The number of hydrogen-bond acceptors (Lipinski definition) is 4. The summed E-state index contributed by atoms with van der Waals surface area (Å²) in [4.78, 5) is 29.5. The van der Waals surface area contributed by atoms with Crippen molar-refractivity contribution in [3.63, 3.8) is 0 Å². The number of nitrogens with zero attached hydrogens (tertiary/aromatic N) is 2. The maximum atomic E-state index is 12.4. The third-order valence-corrected chi connectivity index (χ3v) is 3.59. The molecule has 128 valence electrons. The Morgan fingerprint density at radius 2 is 1.96 bits per heavy atom. The Labute approximate surface area is 142 Å². The van der Waals surface area contributed by atoms with E-state index in [0.717, 1.165) is 5.56 Å². The van der Waals surface area contributed by atoms with E-state index < -0.39 is 29.7 Å². The molecule has 6 heteroatoms. The summed E-state index contributed by atoms with van der Waals surface area (Å²) in [5.74, 6) is -0.504. The van der Waals surface area contributed by atoms with Crippen molar-refractivity contribution in [2.45, 2.75) is 51.5 Å². The molecular weight excluding hydrogens is 308 g/mol. The molecule has 0 N–H and O–H groups in total. The van der Waals surface area contributed by atoms with Crippen LogP contribution in [0.4, 0.5) is 4.79 Å². The van der Waals surface area contributed by atoms with Crippen LogP contribution in [0.2, 0.25) is 0 Å². The van der Waals surface area contributed by atoms with Gasteiger partial charge in [0, 0.05) is 0 Å². The summed E-state index contributed by atoms with van der Waals surface area (Å²) in [6, 6.07) is 8.13. The van der Waals surface area contributed by atoms with Crippen LogP contribution < -0.4 is 0 Å². The van der Waals surface area contributed by atoms with Crippen LogP contribution in [0.1, 0.15) is 32.8 Å². The van der Waals surface area contributed by atoms with Gasteiger partial charge >= 0.3 is 12.1 Å². The predicted octanol–water partition coefficient (Wildman–Crippen LogP) is 3.03. The molecule has 1 amide bonds. The average molecular weight is 330 g/mol. The standard InChI is InChI=1S/C18H22N2O4/c1-18(2,3)24-17(22)20-11-14(19-4)10-15(20)16(21)23-12-13-8-6-5-7-9-13/h5-9,14-15H,10-12H2,1-3H3/t14-,15-/m0/s1. The lowest BCUT2D eigenvalue weighted by atomic mass is 10.2. The molecular formula is C18H22N2O4. The van der Waals surface area contributed by atoms with Gasteiger partial charge in [-0.3, -0.25) is 4.90 Å². The van der Waals surface area contributed by atoms with Crippen molar-refractivity contribution in [3.8, 4) is 0 Å². The van der Waals surface area contributed by atoms with Crippen molar-refractivity contribution >= 4 is 12.1 Å². The Bertz CT molecular complexity index is 631. The quantitative estimate of drug-likeness (QED) is 0.631. The lowest BCUT2D eigenvalue weighted by molar-refractivity contribution is -0.150. The number of likely N-dealkylation sites (tertiary alicyclic amines) is 1. The first-order chi connectivity index (χ1) is 11.3. The van der Waals surface area contributed by atoms with Crippen LogP contribution in [0, 0.1) is 6.57 Å². The fraction of sp³-hybridized carbons (Fsp3) is 0.500. The third-order valence-electron chi connectivity index (χ3n) is 3.59. The second kappa shape index (κ2) is 7.35. The molecule has 2 rings (SSSR count). The summed E-state index contributed by atoms with van der Waals surface area (Å²) < 4.78 is 10.7. The van der Waals surface area contributed by atoms with E-state index in [4.69, 9.17) is 16.0 Å². The lowest BCUT2D eigenvalue weighted by Gasteiger charge is -2.26. The minimum Gasteiger partial charge on any atom is -0.459 e. The summed E-state index contributed by atoms with van der Waals surface area (Å²) in [5.41, 5.74) is 0.209. The monoisotopic (exact) mass is 330 g/mol. The number of rotatable bonds is 3. The number of esters is 1. The number of carbonyl (C=O) groups excluding carboxylic acids is 2. The molecule has 1 aliphatic rings. The van der Waals surface area contributed by atoms with E-state index in [1.165, 1.54) is 4.90 Å². The van der Waals surface area contributed by atoms with Crippen molar-refractivity contribution in [1.82, 2.24) is 4.90 Å². The number of ether oxygens (including phenoxy) is 2. The van der Waals surface area contributed by atoms with Gasteiger partial charge in [-0.15, -0.1) is 0 Å². The lowest BCUT2D eigenvalue weighted by Crippen LogP contribution is -2.44. The van der Waals surface area contributed by atoms with Gasteiger partial charge in [0.05, 0.1) is 6.42 Å². The van der Waals surface area contributed by atoms with E-state index in [0.29, 0.717) is 0 Å². The van der Waals surface area contributed by atoms with Crippen molar-refractivity contribution in [2.24, 2.45) is 0 Å². The van der Waals surface area contributed by atoms with Crippen LogP contribution in [-0.2, 0) is 20.9 Å². The van der Waals surface area contributed by atoms with Crippen molar-refractivity contribution in [3.05, 3.63) is 47.3 Å². The molecule has 0 aromatic heterocycles. The Morgan fingerprint density at radius 3 is 2.54 bits per heavy atom. The minimum atomic E-state index is -0.775. The highest BCUT2D eigenvalue weighted by Crippen LogP contribution is 2.24. The van der Waals surface area contributed by atoms with Gasteiger partial charge in [-0.05, 0) is 26.3 Å². The highest BCUT2D eigenvalue weighted by molar-refractivity contribution is 5.82. The van der Waals surface area contributed by atoms with Crippen molar-refractivity contribution in [1.29, 1.82) is 0 Å². The first-order valence-electron chi connectivity index (χ1n) is 7.87. The average Bonchev–Trinajstić information content (AvgIpc) is 2.96. The molecule has 0 saturated carbocycles. The Balaban J connectivity index is 2.03. The smallest absolute Gasteiger partial charge is 0.411 e. The highest BCUT2D eigenvalue weighted by atomic mass is 16.6. The Morgan fingerprint density at radius 1 is 1.29 bits per heavy atom. The summed E-state index contributed by atoms with van der Waals surface area (Å²) in [5, 5.41) is 0. The number of carbonyl (C=O) groups is 2. The van der Waals surface area contributed by atoms with Crippen LogP contribution >= 0.6 is 0 Å². The zero-order chi connectivity index (χ0) is 17.7. The van der Waals surface area contributed by atoms with Gasteiger partial charge in [0.2, 0.25) is 6.04 Å². The van der Waals surface area contributed by atoms with Crippen molar-refractivity contribution < 1.29 is 19.1 Å². The van der Waals surface area contributed by atoms with E-state index >= 15 is 0 Å². The molecule has 1 aromatic rings. The number of amides is 1. The first kappa shape index (κ1) is 17.8. The van der Waals surface area contributed by atoms with E-state index in [2.05, 4.69) is 4.85 Å². The number of hydrogen-bond donors (Lipinski definition) is 0. The zero-order valence-electron chi connectivity index (χ0n) is 14.2. The maximum Gasteiger partial charge on any atom is 0.411 e. The van der Waals surface area contributed by atoms with E-state index in [1.807, 2.05) is 30.3 Å².